The third kappa shape index (κ3) is 4.45. The number of benzene rings is 1. The van der Waals surface area contributed by atoms with E-state index in [0.29, 0.717) is 29.9 Å². The SMILES string of the molecule is COC1CN(CCCOc2ccccc2C#N)CCC1C. The summed E-state index contributed by atoms with van der Waals surface area (Å²) in [6, 6.07) is 9.53. The van der Waals surface area contributed by atoms with Crippen molar-refractivity contribution in [2.45, 2.75) is 25.9 Å². The maximum atomic E-state index is 9.01. The Bertz CT molecular complexity index is 484. The van der Waals surface area contributed by atoms with Crippen LogP contribution in [0.25, 0.3) is 0 Å². The smallest absolute Gasteiger partial charge is 0.137 e. The summed E-state index contributed by atoms with van der Waals surface area (Å²) < 4.78 is 11.2. The largest absolute Gasteiger partial charge is 0.492 e. The van der Waals surface area contributed by atoms with Gasteiger partial charge in [-0.15, -0.1) is 0 Å². The van der Waals surface area contributed by atoms with E-state index in [1.54, 1.807) is 13.2 Å². The van der Waals surface area contributed by atoms with Crippen molar-refractivity contribution in [3.63, 3.8) is 0 Å². The lowest BCUT2D eigenvalue weighted by Gasteiger charge is -2.36. The Labute approximate surface area is 127 Å². The molecule has 0 radical (unpaired) electrons. The normalized spacial score (nSPS) is 22.7. The Morgan fingerprint density at radius 1 is 1.38 bits per heavy atom. The van der Waals surface area contributed by atoms with Gasteiger partial charge in [0.05, 0.1) is 18.3 Å². The Kier molecular flexibility index (Phi) is 6.04. The van der Waals surface area contributed by atoms with Gasteiger partial charge in [0.1, 0.15) is 11.8 Å². The molecule has 114 valence electrons. The summed E-state index contributed by atoms with van der Waals surface area (Å²) in [5, 5.41) is 9.01. The van der Waals surface area contributed by atoms with Gasteiger partial charge in [0, 0.05) is 20.2 Å². The quantitative estimate of drug-likeness (QED) is 0.755. The highest BCUT2D eigenvalue weighted by molar-refractivity contribution is 5.42. The Hall–Kier alpha value is -1.57. The van der Waals surface area contributed by atoms with Crippen molar-refractivity contribution in [3.05, 3.63) is 29.8 Å². The molecule has 4 heteroatoms. The summed E-state index contributed by atoms with van der Waals surface area (Å²) in [6.45, 7) is 6.05. The van der Waals surface area contributed by atoms with Gasteiger partial charge in [0.25, 0.3) is 0 Å². The minimum Gasteiger partial charge on any atom is -0.492 e. The third-order valence-electron chi connectivity index (χ3n) is 4.16. The van der Waals surface area contributed by atoms with E-state index in [0.717, 1.165) is 26.1 Å². The van der Waals surface area contributed by atoms with Crippen molar-refractivity contribution in [1.29, 1.82) is 5.26 Å². The molecule has 1 aromatic carbocycles. The van der Waals surface area contributed by atoms with E-state index in [4.69, 9.17) is 14.7 Å². The monoisotopic (exact) mass is 288 g/mol. The number of likely N-dealkylation sites (tertiary alicyclic amines) is 1. The Morgan fingerprint density at radius 2 is 2.19 bits per heavy atom. The van der Waals surface area contributed by atoms with Gasteiger partial charge in [-0.25, -0.2) is 0 Å². The van der Waals surface area contributed by atoms with E-state index < -0.39 is 0 Å². The number of para-hydroxylation sites is 1. The van der Waals surface area contributed by atoms with E-state index in [2.05, 4.69) is 17.9 Å². The molecule has 4 nitrogen and oxygen atoms in total. The van der Waals surface area contributed by atoms with Gasteiger partial charge in [-0.3, -0.25) is 0 Å². The molecule has 0 aromatic heterocycles. The van der Waals surface area contributed by atoms with E-state index in [9.17, 15) is 0 Å². The number of rotatable bonds is 6. The lowest BCUT2D eigenvalue weighted by atomic mass is 9.96. The van der Waals surface area contributed by atoms with Gasteiger partial charge in [0.15, 0.2) is 0 Å². The summed E-state index contributed by atoms with van der Waals surface area (Å²) in [6.07, 6.45) is 2.50. The minimum absolute atomic E-state index is 0.346. The molecular weight excluding hydrogens is 264 g/mol. The molecule has 2 rings (SSSR count). The van der Waals surface area contributed by atoms with Crippen LogP contribution >= 0.6 is 0 Å². The highest BCUT2D eigenvalue weighted by atomic mass is 16.5. The molecule has 0 saturated carbocycles. The number of hydrogen-bond donors (Lipinski definition) is 0. The van der Waals surface area contributed by atoms with Crippen molar-refractivity contribution in [3.8, 4) is 11.8 Å². The van der Waals surface area contributed by atoms with Crippen LogP contribution in [-0.2, 0) is 4.74 Å². The second-order valence-electron chi connectivity index (χ2n) is 5.65. The van der Waals surface area contributed by atoms with Gasteiger partial charge in [-0.1, -0.05) is 19.1 Å². The van der Waals surface area contributed by atoms with Crippen LogP contribution in [0.5, 0.6) is 5.75 Å². The number of piperidine rings is 1. The number of methoxy groups -OCH3 is 1. The van der Waals surface area contributed by atoms with Crippen LogP contribution in [0.4, 0.5) is 0 Å². The summed E-state index contributed by atoms with van der Waals surface area (Å²) in [4.78, 5) is 2.44. The number of nitrogens with zero attached hydrogens (tertiary/aromatic N) is 2. The zero-order valence-corrected chi connectivity index (χ0v) is 12.9. The number of ether oxygens (including phenoxy) is 2. The molecule has 0 bridgehead atoms. The van der Waals surface area contributed by atoms with Crippen LogP contribution in [0, 0.1) is 17.2 Å². The zero-order chi connectivity index (χ0) is 15.1. The van der Waals surface area contributed by atoms with Crippen molar-refractivity contribution >= 4 is 0 Å². The maximum absolute atomic E-state index is 9.01. The fourth-order valence-electron chi connectivity index (χ4n) is 2.76. The predicted octanol–water partition coefficient (Wildman–Crippen LogP) is 2.68. The Balaban J connectivity index is 1.72. The average Bonchev–Trinajstić information content (AvgIpc) is 2.53. The number of hydrogen-bond acceptors (Lipinski definition) is 4. The molecule has 1 aliphatic rings. The lowest BCUT2D eigenvalue weighted by molar-refractivity contribution is -0.00593. The fourth-order valence-corrected chi connectivity index (χ4v) is 2.76. The van der Waals surface area contributed by atoms with Crippen molar-refractivity contribution in [1.82, 2.24) is 4.90 Å². The van der Waals surface area contributed by atoms with Gasteiger partial charge in [-0.05, 0) is 37.4 Å². The topological polar surface area (TPSA) is 45.5 Å². The van der Waals surface area contributed by atoms with Crippen LogP contribution in [0.15, 0.2) is 24.3 Å². The van der Waals surface area contributed by atoms with Gasteiger partial charge in [-0.2, -0.15) is 5.26 Å². The summed E-state index contributed by atoms with van der Waals surface area (Å²) in [5.74, 6) is 1.33. The van der Waals surface area contributed by atoms with Crippen LogP contribution in [0.2, 0.25) is 0 Å². The first-order valence-corrected chi connectivity index (χ1v) is 7.61. The molecule has 0 N–H and O–H groups in total. The minimum atomic E-state index is 0.346. The first-order chi connectivity index (χ1) is 10.2. The van der Waals surface area contributed by atoms with Gasteiger partial charge < -0.3 is 14.4 Å². The van der Waals surface area contributed by atoms with Crippen LogP contribution < -0.4 is 4.74 Å². The Morgan fingerprint density at radius 3 is 2.95 bits per heavy atom. The van der Waals surface area contributed by atoms with Crippen molar-refractivity contribution in [2.24, 2.45) is 5.92 Å². The second-order valence-corrected chi connectivity index (χ2v) is 5.65. The number of nitriles is 1. The summed E-state index contributed by atoms with van der Waals surface area (Å²) in [5.41, 5.74) is 0.601. The summed E-state index contributed by atoms with van der Waals surface area (Å²) in [7, 11) is 1.80. The van der Waals surface area contributed by atoms with E-state index in [-0.39, 0.29) is 0 Å². The van der Waals surface area contributed by atoms with E-state index in [1.165, 1.54) is 6.42 Å². The highest BCUT2D eigenvalue weighted by Gasteiger charge is 2.25. The zero-order valence-electron chi connectivity index (χ0n) is 12.9. The molecule has 1 saturated heterocycles. The molecule has 1 aromatic rings. The third-order valence-corrected chi connectivity index (χ3v) is 4.16. The van der Waals surface area contributed by atoms with Crippen LogP contribution in [0.1, 0.15) is 25.3 Å². The second kappa shape index (κ2) is 8.02. The maximum Gasteiger partial charge on any atom is 0.137 e. The van der Waals surface area contributed by atoms with E-state index in [1.807, 2.05) is 18.2 Å². The fraction of sp³-hybridized carbons (Fsp3) is 0.588. The molecular formula is C17H24N2O2. The molecule has 0 amide bonds. The molecule has 0 spiro atoms. The molecule has 0 aliphatic carbocycles. The van der Waals surface area contributed by atoms with Crippen molar-refractivity contribution < 1.29 is 9.47 Å². The van der Waals surface area contributed by atoms with Gasteiger partial charge in [0.2, 0.25) is 0 Å². The standard InChI is InChI=1S/C17H24N2O2/c1-14-8-10-19(13-17(14)20-2)9-5-11-21-16-7-4-3-6-15(16)12-18/h3-4,6-7,14,17H,5,8-11,13H2,1-2H3. The molecule has 2 atom stereocenters. The molecule has 1 fully saturated rings. The molecule has 21 heavy (non-hydrogen) atoms. The first kappa shape index (κ1) is 15.8. The van der Waals surface area contributed by atoms with Crippen LogP contribution in [0.3, 0.4) is 0 Å². The van der Waals surface area contributed by atoms with E-state index >= 15 is 0 Å². The molecule has 1 heterocycles. The average molecular weight is 288 g/mol. The van der Waals surface area contributed by atoms with Crippen LogP contribution in [-0.4, -0.2) is 44.4 Å². The first-order valence-electron chi connectivity index (χ1n) is 7.61. The molecule has 2 unspecified atom stereocenters. The highest BCUT2D eigenvalue weighted by Crippen LogP contribution is 2.20. The summed E-state index contributed by atoms with van der Waals surface area (Å²) >= 11 is 0. The predicted molar refractivity (Wildman–Crippen MR) is 82.3 cm³/mol. The lowest BCUT2D eigenvalue weighted by Crippen LogP contribution is -2.44. The molecule has 1 aliphatic heterocycles. The van der Waals surface area contributed by atoms with Gasteiger partial charge >= 0.3 is 0 Å². The van der Waals surface area contributed by atoms with Crippen molar-refractivity contribution in [2.75, 3.05) is 33.4 Å².